The fraction of sp³-hybridized carbons (Fsp3) is 0.227. The predicted molar refractivity (Wildman–Crippen MR) is 115 cm³/mol. The van der Waals surface area contributed by atoms with Gasteiger partial charge in [-0.15, -0.1) is 0 Å². The summed E-state index contributed by atoms with van der Waals surface area (Å²) in [4.78, 5) is 44.9. The van der Waals surface area contributed by atoms with Crippen molar-refractivity contribution in [1.29, 1.82) is 0 Å². The van der Waals surface area contributed by atoms with Crippen LogP contribution < -0.4 is 16.6 Å². The summed E-state index contributed by atoms with van der Waals surface area (Å²) in [6.45, 7) is 0.606. The van der Waals surface area contributed by atoms with E-state index >= 15 is 0 Å². The lowest BCUT2D eigenvalue weighted by molar-refractivity contribution is -0.124. The van der Waals surface area contributed by atoms with Gasteiger partial charge in [0.15, 0.2) is 0 Å². The van der Waals surface area contributed by atoms with Crippen molar-refractivity contribution < 1.29 is 9.53 Å². The summed E-state index contributed by atoms with van der Waals surface area (Å²) in [6, 6.07) is 13.4. The van der Waals surface area contributed by atoms with Gasteiger partial charge in [0.05, 0.1) is 17.5 Å². The van der Waals surface area contributed by atoms with Gasteiger partial charge in [-0.3, -0.25) is 9.59 Å². The van der Waals surface area contributed by atoms with Crippen LogP contribution in [0.3, 0.4) is 0 Å². The highest BCUT2D eigenvalue weighted by molar-refractivity contribution is 5.86. The third-order valence-corrected chi connectivity index (χ3v) is 5.14. The van der Waals surface area contributed by atoms with E-state index in [4.69, 9.17) is 4.74 Å². The highest BCUT2D eigenvalue weighted by atomic mass is 16.5. The number of H-pyrrole nitrogens is 2. The average Bonchev–Trinajstić information content (AvgIpc) is 3.16. The fourth-order valence-corrected chi connectivity index (χ4v) is 3.66. The van der Waals surface area contributed by atoms with E-state index < -0.39 is 23.2 Å². The Morgan fingerprint density at radius 1 is 1.07 bits per heavy atom. The summed E-state index contributed by atoms with van der Waals surface area (Å²) in [6.07, 6.45) is 1.99. The number of amides is 1. The minimum atomic E-state index is -1.01. The van der Waals surface area contributed by atoms with Crippen LogP contribution in [0.2, 0.25) is 0 Å². The fourth-order valence-electron chi connectivity index (χ4n) is 3.66. The standard InChI is InChI=1S/C22H22N4O4/c1-30-11-10-23-20(27)19(12-14-13-24-17-8-4-2-6-15(14)17)26-21(28)16-7-3-5-9-18(16)25-22(26)29/h2-9,13,19,24H,10-12H2,1H3,(H,23,27)(H,25,29). The summed E-state index contributed by atoms with van der Waals surface area (Å²) in [7, 11) is 1.54. The molecule has 8 nitrogen and oxygen atoms in total. The molecule has 30 heavy (non-hydrogen) atoms. The van der Waals surface area contributed by atoms with Crippen molar-refractivity contribution in [3.8, 4) is 0 Å². The Kier molecular flexibility index (Phi) is 5.49. The van der Waals surface area contributed by atoms with Crippen molar-refractivity contribution in [2.75, 3.05) is 20.3 Å². The number of aromatic amines is 2. The van der Waals surface area contributed by atoms with Gasteiger partial charge in [-0.1, -0.05) is 30.3 Å². The number of carbonyl (C=O) groups excluding carboxylic acids is 1. The lowest BCUT2D eigenvalue weighted by Gasteiger charge is -2.19. The van der Waals surface area contributed by atoms with Gasteiger partial charge in [-0.2, -0.15) is 0 Å². The largest absolute Gasteiger partial charge is 0.383 e. The number of nitrogens with zero attached hydrogens (tertiary/aromatic N) is 1. The molecule has 0 saturated carbocycles. The van der Waals surface area contributed by atoms with Crippen LogP contribution in [0.25, 0.3) is 21.8 Å². The van der Waals surface area contributed by atoms with Crippen molar-refractivity contribution in [2.24, 2.45) is 0 Å². The third kappa shape index (κ3) is 3.65. The van der Waals surface area contributed by atoms with Gasteiger partial charge >= 0.3 is 5.69 Å². The van der Waals surface area contributed by atoms with Crippen LogP contribution in [-0.4, -0.2) is 40.7 Å². The molecular formula is C22H22N4O4. The smallest absolute Gasteiger partial charge is 0.329 e. The number of hydrogen-bond acceptors (Lipinski definition) is 4. The van der Waals surface area contributed by atoms with E-state index in [2.05, 4.69) is 15.3 Å². The first kappa shape index (κ1) is 19.7. The number of rotatable bonds is 7. The summed E-state index contributed by atoms with van der Waals surface area (Å²) in [5.41, 5.74) is 1.09. The van der Waals surface area contributed by atoms with Crippen molar-refractivity contribution in [1.82, 2.24) is 19.9 Å². The highest BCUT2D eigenvalue weighted by Crippen LogP contribution is 2.22. The van der Waals surface area contributed by atoms with Crippen LogP contribution in [0.4, 0.5) is 0 Å². The first-order chi connectivity index (χ1) is 14.6. The molecule has 0 aliphatic heterocycles. The number of hydrogen-bond donors (Lipinski definition) is 3. The van der Waals surface area contributed by atoms with Crippen LogP contribution in [0.5, 0.6) is 0 Å². The van der Waals surface area contributed by atoms with Crippen LogP contribution in [-0.2, 0) is 16.0 Å². The van der Waals surface area contributed by atoms with Crippen molar-refractivity contribution in [2.45, 2.75) is 12.5 Å². The van der Waals surface area contributed by atoms with Crippen LogP contribution in [0, 0.1) is 0 Å². The maximum atomic E-state index is 13.1. The molecule has 0 fully saturated rings. The lowest BCUT2D eigenvalue weighted by Crippen LogP contribution is -2.46. The van der Waals surface area contributed by atoms with Gasteiger partial charge in [-0.05, 0) is 23.8 Å². The van der Waals surface area contributed by atoms with E-state index in [1.165, 1.54) is 7.11 Å². The second-order valence-corrected chi connectivity index (χ2v) is 7.01. The summed E-state index contributed by atoms with van der Waals surface area (Å²) >= 11 is 0. The van der Waals surface area contributed by atoms with Gasteiger partial charge in [-0.25, -0.2) is 9.36 Å². The van der Waals surface area contributed by atoms with E-state index in [-0.39, 0.29) is 13.0 Å². The molecule has 0 saturated heterocycles. The number of fused-ring (bicyclic) bond motifs is 2. The Hall–Kier alpha value is -3.65. The number of carbonyl (C=O) groups is 1. The molecule has 0 bridgehead atoms. The van der Waals surface area contributed by atoms with E-state index in [9.17, 15) is 14.4 Å². The van der Waals surface area contributed by atoms with Crippen LogP contribution in [0.15, 0.2) is 64.3 Å². The Labute approximate surface area is 171 Å². The normalized spacial score (nSPS) is 12.3. The van der Waals surface area contributed by atoms with Crippen LogP contribution >= 0.6 is 0 Å². The van der Waals surface area contributed by atoms with Crippen LogP contribution in [0.1, 0.15) is 11.6 Å². The molecule has 2 heterocycles. The molecular weight excluding hydrogens is 384 g/mol. The number of nitrogens with one attached hydrogen (secondary N) is 3. The Bertz CT molecular complexity index is 1320. The molecule has 0 aliphatic rings. The maximum absolute atomic E-state index is 13.1. The quantitative estimate of drug-likeness (QED) is 0.406. The number of para-hydroxylation sites is 2. The maximum Gasteiger partial charge on any atom is 0.329 e. The predicted octanol–water partition coefficient (Wildman–Crippen LogP) is 1.72. The molecule has 3 N–H and O–H groups in total. The molecule has 2 aromatic carbocycles. The first-order valence-corrected chi connectivity index (χ1v) is 9.65. The second-order valence-electron chi connectivity index (χ2n) is 7.01. The zero-order valence-electron chi connectivity index (χ0n) is 16.5. The number of aromatic nitrogens is 3. The zero-order chi connectivity index (χ0) is 21.1. The molecule has 0 aliphatic carbocycles. The monoisotopic (exact) mass is 406 g/mol. The van der Waals surface area contributed by atoms with Gasteiger partial charge in [0.2, 0.25) is 5.91 Å². The van der Waals surface area contributed by atoms with E-state index in [0.717, 1.165) is 21.0 Å². The minimum Gasteiger partial charge on any atom is -0.383 e. The molecule has 0 spiro atoms. The molecule has 4 aromatic rings. The number of methoxy groups -OCH3 is 1. The highest BCUT2D eigenvalue weighted by Gasteiger charge is 2.26. The molecule has 4 rings (SSSR count). The number of benzene rings is 2. The zero-order valence-corrected chi connectivity index (χ0v) is 16.5. The second kappa shape index (κ2) is 8.38. The van der Waals surface area contributed by atoms with Gasteiger partial charge in [0.25, 0.3) is 5.56 Å². The Morgan fingerprint density at radius 2 is 1.77 bits per heavy atom. The first-order valence-electron chi connectivity index (χ1n) is 9.65. The van der Waals surface area contributed by atoms with Crippen molar-refractivity contribution >= 4 is 27.7 Å². The molecule has 8 heteroatoms. The molecule has 0 radical (unpaired) electrons. The average molecular weight is 406 g/mol. The Morgan fingerprint density at radius 3 is 2.53 bits per heavy atom. The topological polar surface area (TPSA) is 109 Å². The van der Waals surface area contributed by atoms with Gasteiger partial charge in [0, 0.05) is 37.2 Å². The Balaban J connectivity index is 1.81. The molecule has 2 aromatic heterocycles. The molecule has 154 valence electrons. The third-order valence-electron chi connectivity index (χ3n) is 5.14. The summed E-state index contributed by atoms with van der Waals surface area (Å²) in [5.74, 6) is -0.416. The minimum absolute atomic E-state index is 0.185. The summed E-state index contributed by atoms with van der Waals surface area (Å²) < 4.78 is 6.00. The van der Waals surface area contributed by atoms with E-state index in [1.54, 1.807) is 30.5 Å². The SMILES string of the molecule is COCCNC(=O)C(Cc1c[nH]c2ccccc12)n1c(=O)[nH]c2ccccc2c1=O. The lowest BCUT2D eigenvalue weighted by atomic mass is 10.0. The molecule has 1 unspecified atom stereocenters. The molecule has 1 atom stereocenters. The van der Waals surface area contributed by atoms with E-state index in [1.807, 2.05) is 24.3 Å². The van der Waals surface area contributed by atoms with Crippen molar-refractivity contribution in [3.63, 3.8) is 0 Å². The van der Waals surface area contributed by atoms with E-state index in [0.29, 0.717) is 17.5 Å². The summed E-state index contributed by atoms with van der Waals surface area (Å²) in [5, 5.41) is 4.05. The molecule has 1 amide bonds. The van der Waals surface area contributed by atoms with Gasteiger partial charge < -0.3 is 20.0 Å². The number of ether oxygens (including phenoxy) is 1. The van der Waals surface area contributed by atoms with Crippen molar-refractivity contribution in [3.05, 3.63) is 81.1 Å². The van der Waals surface area contributed by atoms with Gasteiger partial charge in [0.1, 0.15) is 6.04 Å².